The topological polar surface area (TPSA) is 92.5 Å². The molecule has 1 aromatic carbocycles. The fourth-order valence-electron chi connectivity index (χ4n) is 3.67. The average Bonchev–Trinajstić information content (AvgIpc) is 3.00. The number of nitrogens with zero attached hydrogens (tertiary/aromatic N) is 1. The first kappa shape index (κ1) is 21.0. The number of rotatable bonds is 6. The van der Waals surface area contributed by atoms with Crippen LogP contribution in [0.4, 0.5) is 5.00 Å². The van der Waals surface area contributed by atoms with E-state index in [1.165, 1.54) is 11.3 Å². The van der Waals surface area contributed by atoms with Gasteiger partial charge in [-0.3, -0.25) is 14.4 Å². The lowest BCUT2D eigenvalue weighted by atomic mass is 9.95. The van der Waals surface area contributed by atoms with Crippen molar-refractivity contribution in [3.05, 3.63) is 51.9 Å². The van der Waals surface area contributed by atoms with Gasteiger partial charge in [0.1, 0.15) is 5.00 Å². The third-order valence-electron chi connectivity index (χ3n) is 5.56. The number of piperidine rings is 1. The van der Waals surface area contributed by atoms with Gasteiger partial charge in [0, 0.05) is 30.3 Å². The summed E-state index contributed by atoms with van der Waals surface area (Å²) in [6.45, 7) is 4.90. The van der Waals surface area contributed by atoms with Crippen LogP contribution in [0.2, 0.25) is 0 Å². The van der Waals surface area contributed by atoms with Crippen LogP contribution in [0.25, 0.3) is 0 Å². The summed E-state index contributed by atoms with van der Waals surface area (Å²) in [7, 11) is 0. The van der Waals surface area contributed by atoms with Gasteiger partial charge in [0.05, 0.1) is 5.56 Å². The lowest BCUT2D eigenvalue weighted by molar-refractivity contribution is -0.134. The highest BCUT2D eigenvalue weighted by atomic mass is 32.1. The Kier molecular flexibility index (Phi) is 6.69. The second-order valence-corrected chi connectivity index (χ2v) is 8.71. The summed E-state index contributed by atoms with van der Waals surface area (Å²) in [6.07, 6.45) is 2.46. The van der Waals surface area contributed by atoms with Crippen molar-refractivity contribution in [2.45, 2.75) is 39.5 Å². The fourth-order valence-corrected chi connectivity index (χ4v) is 4.74. The summed E-state index contributed by atoms with van der Waals surface area (Å²) in [5, 5.41) is 3.42. The van der Waals surface area contributed by atoms with Crippen LogP contribution >= 0.6 is 11.3 Å². The maximum absolute atomic E-state index is 12.7. The SMILES string of the molecule is Cc1sc(NC(=O)C2CCN(C(=O)CCc3ccccc3)CC2)c(C(N)=O)c1C. The molecule has 1 aliphatic heterocycles. The molecule has 1 fully saturated rings. The van der Waals surface area contributed by atoms with Crippen LogP contribution in [0.5, 0.6) is 0 Å². The molecule has 7 heteroatoms. The molecular formula is C22H27N3O3S. The lowest BCUT2D eigenvalue weighted by Crippen LogP contribution is -2.41. The molecule has 0 unspecified atom stereocenters. The maximum atomic E-state index is 12.7. The van der Waals surface area contributed by atoms with E-state index in [1.54, 1.807) is 0 Å². The Labute approximate surface area is 175 Å². The van der Waals surface area contributed by atoms with Gasteiger partial charge in [-0.2, -0.15) is 0 Å². The summed E-state index contributed by atoms with van der Waals surface area (Å²) in [5.74, 6) is -0.670. The molecule has 29 heavy (non-hydrogen) atoms. The number of hydrogen-bond donors (Lipinski definition) is 2. The largest absolute Gasteiger partial charge is 0.365 e. The van der Waals surface area contributed by atoms with Crippen molar-refractivity contribution in [2.24, 2.45) is 11.7 Å². The van der Waals surface area contributed by atoms with Gasteiger partial charge >= 0.3 is 0 Å². The molecule has 0 bridgehead atoms. The van der Waals surface area contributed by atoms with Crippen molar-refractivity contribution in [3.63, 3.8) is 0 Å². The van der Waals surface area contributed by atoms with Crippen LogP contribution in [0.3, 0.4) is 0 Å². The molecule has 3 rings (SSSR count). The quantitative estimate of drug-likeness (QED) is 0.761. The van der Waals surface area contributed by atoms with E-state index in [0.29, 0.717) is 42.9 Å². The molecule has 154 valence electrons. The molecule has 0 saturated carbocycles. The molecule has 0 atom stereocenters. The molecule has 6 nitrogen and oxygen atoms in total. The normalized spacial score (nSPS) is 14.6. The lowest BCUT2D eigenvalue weighted by Gasteiger charge is -2.31. The Morgan fingerprint density at radius 2 is 1.79 bits per heavy atom. The van der Waals surface area contributed by atoms with Crippen molar-refractivity contribution >= 4 is 34.1 Å². The van der Waals surface area contributed by atoms with Gasteiger partial charge in [0.2, 0.25) is 11.8 Å². The van der Waals surface area contributed by atoms with Gasteiger partial charge in [-0.25, -0.2) is 0 Å². The summed E-state index contributed by atoms with van der Waals surface area (Å²) < 4.78 is 0. The highest BCUT2D eigenvalue weighted by Gasteiger charge is 2.28. The fraction of sp³-hybridized carbons (Fsp3) is 0.409. The first-order valence-corrected chi connectivity index (χ1v) is 10.7. The number of primary amides is 1. The van der Waals surface area contributed by atoms with E-state index in [1.807, 2.05) is 49.1 Å². The van der Waals surface area contributed by atoms with E-state index >= 15 is 0 Å². The van der Waals surface area contributed by atoms with Crippen LogP contribution < -0.4 is 11.1 Å². The van der Waals surface area contributed by atoms with Gasteiger partial charge in [-0.15, -0.1) is 11.3 Å². The molecule has 2 aromatic rings. The van der Waals surface area contributed by atoms with Gasteiger partial charge < -0.3 is 16.0 Å². The summed E-state index contributed by atoms with van der Waals surface area (Å²) in [5.41, 5.74) is 7.85. The minimum atomic E-state index is -0.527. The minimum Gasteiger partial charge on any atom is -0.365 e. The van der Waals surface area contributed by atoms with Crippen LogP contribution in [0.15, 0.2) is 30.3 Å². The summed E-state index contributed by atoms with van der Waals surface area (Å²) in [6, 6.07) is 9.97. The molecule has 0 spiro atoms. The van der Waals surface area contributed by atoms with E-state index in [2.05, 4.69) is 5.32 Å². The van der Waals surface area contributed by atoms with E-state index in [0.717, 1.165) is 22.4 Å². The molecule has 1 saturated heterocycles. The zero-order chi connectivity index (χ0) is 21.0. The predicted molar refractivity (Wildman–Crippen MR) is 115 cm³/mol. The van der Waals surface area contributed by atoms with Crippen molar-refractivity contribution < 1.29 is 14.4 Å². The third kappa shape index (κ3) is 5.03. The van der Waals surface area contributed by atoms with Crippen molar-refractivity contribution in [2.75, 3.05) is 18.4 Å². The number of hydrogen-bond acceptors (Lipinski definition) is 4. The molecule has 3 amide bonds. The molecular weight excluding hydrogens is 386 g/mol. The summed E-state index contributed by atoms with van der Waals surface area (Å²) in [4.78, 5) is 39.7. The molecule has 3 N–H and O–H groups in total. The number of aryl methyl sites for hydroxylation is 2. The number of thiophene rings is 1. The Balaban J connectivity index is 1.51. The molecule has 1 aromatic heterocycles. The number of amides is 3. The number of nitrogens with one attached hydrogen (secondary N) is 1. The van der Waals surface area contributed by atoms with Crippen molar-refractivity contribution in [1.82, 2.24) is 4.90 Å². The van der Waals surface area contributed by atoms with Crippen LogP contribution in [0, 0.1) is 19.8 Å². The zero-order valence-electron chi connectivity index (χ0n) is 16.9. The van der Waals surface area contributed by atoms with E-state index in [9.17, 15) is 14.4 Å². The number of carbonyl (C=O) groups is 3. The first-order chi connectivity index (χ1) is 13.9. The van der Waals surface area contributed by atoms with Crippen molar-refractivity contribution in [1.29, 1.82) is 0 Å². The Morgan fingerprint density at radius 3 is 2.41 bits per heavy atom. The standard InChI is InChI=1S/C22H27N3O3S/c1-14-15(2)29-22(19(14)20(23)27)24-21(28)17-10-12-25(13-11-17)18(26)9-8-16-6-4-3-5-7-16/h3-7,17H,8-13H2,1-2H3,(H2,23,27)(H,24,28). The highest BCUT2D eigenvalue weighted by molar-refractivity contribution is 7.16. The molecule has 2 heterocycles. The Morgan fingerprint density at radius 1 is 1.14 bits per heavy atom. The zero-order valence-corrected chi connectivity index (χ0v) is 17.7. The highest BCUT2D eigenvalue weighted by Crippen LogP contribution is 2.33. The van der Waals surface area contributed by atoms with Gasteiger partial charge in [-0.05, 0) is 44.2 Å². The molecule has 1 aliphatic rings. The third-order valence-corrected chi connectivity index (χ3v) is 6.68. The number of anilines is 1. The summed E-state index contributed by atoms with van der Waals surface area (Å²) >= 11 is 1.37. The van der Waals surface area contributed by atoms with E-state index in [4.69, 9.17) is 5.73 Å². The smallest absolute Gasteiger partial charge is 0.251 e. The van der Waals surface area contributed by atoms with Crippen LogP contribution in [-0.4, -0.2) is 35.7 Å². The second kappa shape index (κ2) is 9.22. The Hall–Kier alpha value is -2.67. The number of carbonyl (C=O) groups excluding carboxylic acids is 3. The van der Waals surface area contributed by atoms with E-state index in [-0.39, 0.29) is 17.7 Å². The molecule has 0 radical (unpaired) electrons. The van der Waals surface area contributed by atoms with Crippen LogP contribution in [0.1, 0.15) is 45.6 Å². The van der Waals surface area contributed by atoms with Gasteiger partial charge in [0.15, 0.2) is 0 Å². The second-order valence-electron chi connectivity index (χ2n) is 7.48. The minimum absolute atomic E-state index is 0.106. The number of benzene rings is 1. The van der Waals surface area contributed by atoms with Gasteiger partial charge in [0.25, 0.3) is 5.91 Å². The number of likely N-dealkylation sites (tertiary alicyclic amines) is 1. The average molecular weight is 414 g/mol. The molecule has 0 aliphatic carbocycles. The number of nitrogens with two attached hydrogens (primary N) is 1. The first-order valence-electron chi connectivity index (χ1n) is 9.89. The Bertz CT molecular complexity index is 900. The predicted octanol–water partition coefficient (Wildman–Crippen LogP) is 3.27. The van der Waals surface area contributed by atoms with E-state index < -0.39 is 5.91 Å². The van der Waals surface area contributed by atoms with Crippen molar-refractivity contribution in [3.8, 4) is 0 Å². The van der Waals surface area contributed by atoms with Gasteiger partial charge in [-0.1, -0.05) is 30.3 Å². The maximum Gasteiger partial charge on any atom is 0.251 e. The monoisotopic (exact) mass is 413 g/mol. The van der Waals surface area contributed by atoms with Crippen LogP contribution in [-0.2, 0) is 16.0 Å².